The first kappa shape index (κ1) is 10.7. The van der Waals surface area contributed by atoms with Crippen molar-refractivity contribution in [2.75, 3.05) is 6.54 Å². The molecule has 0 aromatic heterocycles. The Morgan fingerprint density at radius 2 is 2.25 bits per heavy atom. The molecule has 1 aliphatic carbocycles. The quantitative estimate of drug-likeness (QED) is 0.434. The summed E-state index contributed by atoms with van der Waals surface area (Å²) in [5.41, 5.74) is 9.78. The maximum absolute atomic E-state index is 12.2. The maximum atomic E-state index is 12.2. The predicted octanol–water partition coefficient (Wildman–Crippen LogP) is 3.13. The van der Waals surface area contributed by atoms with E-state index >= 15 is 0 Å². The summed E-state index contributed by atoms with van der Waals surface area (Å²) >= 11 is 0. The maximum Gasteiger partial charge on any atom is 0.169 e. The zero-order chi connectivity index (χ0) is 11.6. The van der Waals surface area contributed by atoms with Crippen molar-refractivity contribution in [1.82, 2.24) is 0 Å². The second kappa shape index (κ2) is 3.99. The number of fused-ring (bicyclic) bond motifs is 1. The number of hydrogen-bond donors (Lipinski definition) is 0. The molecule has 0 amide bonds. The van der Waals surface area contributed by atoms with Gasteiger partial charge >= 0.3 is 0 Å². The minimum Gasteiger partial charge on any atom is -0.294 e. The minimum atomic E-state index is -0.391. The van der Waals surface area contributed by atoms with Crippen LogP contribution in [0, 0.1) is 5.41 Å². The first-order chi connectivity index (χ1) is 7.67. The summed E-state index contributed by atoms with van der Waals surface area (Å²) in [5.74, 6) is 0.177. The Bertz CT molecular complexity index is 477. The molecule has 1 aromatic rings. The summed E-state index contributed by atoms with van der Waals surface area (Å²) in [6, 6.07) is 7.70. The van der Waals surface area contributed by atoms with Gasteiger partial charge in [0.1, 0.15) is 0 Å². The van der Waals surface area contributed by atoms with Gasteiger partial charge in [0.15, 0.2) is 5.78 Å². The molecule has 2 rings (SSSR count). The second-order valence-corrected chi connectivity index (χ2v) is 4.43. The van der Waals surface area contributed by atoms with E-state index in [1.165, 1.54) is 0 Å². The lowest BCUT2D eigenvalue weighted by molar-refractivity contribution is 0.0833. The molecule has 1 aromatic carbocycles. The SMILES string of the molecule is CC1(CCN=[N+]=[N-])Cc2ccccc2C1=O. The van der Waals surface area contributed by atoms with Gasteiger partial charge in [0.05, 0.1) is 0 Å². The van der Waals surface area contributed by atoms with Crippen molar-refractivity contribution in [2.24, 2.45) is 10.5 Å². The van der Waals surface area contributed by atoms with E-state index in [2.05, 4.69) is 10.0 Å². The molecule has 0 fully saturated rings. The Morgan fingerprint density at radius 1 is 1.50 bits per heavy atom. The van der Waals surface area contributed by atoms with Crippen molar-refractivity contribution in [3.05, 3.63) is 45.8 Å². The van der Waals surface area contributed by atoms with Crippen LogP contribution < -0.4 is 0 Å². The van der Waals surface area contributed by atoms with Crippen molar-refractivity contribution in [2.45, 2.75) is 19.8 Å². The first-order valence-electron chi connectivity index (χ1n) is 5.31. The Morgan fingerprint density at radius 3 is 2.94 bits per heavy atom. The average Bonchev–Trinajstić information content (AvgIpc) is 2.53. The van der Waals surface area contributed by atoms with Gasteiger partial charge in [0, 0.05) is 22.4 Å². The van der Waals surface area contributed by atoms with Crippen LogP contribution in [0.3, 0.4) is 0 Å². The number of hydrogen-bond acceptors (Lipinski definition) is 2. The molecular formula is C12H13N3O. The van der Waals surface area contributed by atoms with Crippen LogP contribution in [0.4, 0.5) is 0 Å². The normalized spacial score (nSPS) is 22.7. The summed E-state index contributed by atoms with van der Waals surface area (Å²) in [6.45, 7) is 2.33. The molecule has 16 heavy (non-hydrogen) atoms. The molecule has 1 unspecified atom stereocenters. The van der Waals surface area contributed by atoms with Crippen LogP contribution in [0.25, 0.3) is 10.4 Å². The highest BCUT2D eigenvalue weighted by Crippen LogP contribution is 2.38. The highest BCUT2D eigenvalue weighted by Gasteiger charge is 2.40. The zero-order valence-electron chi connectivity index (χ0n) is 9.18. The highest BCUT2D eigenvalue weighted by atomic mass is 16.1. The summed E-state index contributed by atoms with van der Waals surface area (Å²) in [7, 11) is 0. The average molecular weight is 215 g/mol. The number of benzene rings is 1. The van der Waals surface area contributed by atoms with E-state index < -0.39 is 5.41 Å². The second-order valence-electron chi connectivity index (χ2n) is 4.43. The highest BCUT2D eigenvalue weighted by molar-refractivity contribution is 6.04. The van der Waals surface area contributed by atoms with Gasteiger partial charge in [-0.25, -0.2) is 0 Å². The van der Waals surface area contributed by atoms with Crippen LogP contribution in [0.15, 0.2) is 29.4 Å². The van der Waals surface area contributed by atoms with E-state index in [0.29, 0.717) is 13.0 Å². The number of carbonyl (C=O) groups is 1. The monoisotopic (exact) mass is 215 g/mol. The molecule has 0 saturated carbocycles. The molecule has 0 saturated heterocycles. The third-order valence-electron chi connectivity index (χ3n) is 3.22. The zero-order valence-corrected chi connectivity index (χ0v) is 9.18. The van der Waals surface area contributed by atoms with Crippen LogP contribution in [0.1, 0.15) is 29.3 Å². The third-order valence-corrected chi connectivity index (χ3v) is 3.22. The fourth-order valence-corrected chi connectivity index (χ4v) is 2.27. The molecule has 0 bridgehead atoms. The predicted molar refractivity (Wildman–Crippen MR) is 61.2 cm³/mol. The molecule has 4 heteroatoms. The molecular weight excluding hydrogens is 202 g/mol. The third kappa shape index (κ3) is 1.68. The fraction of sp³-hybridized carbons (Fsp3) is 0.417. The van der Waals surface area contributed by atoms with E-state index in [0.717, 1.165) is 17.5 Å². The van der Waals surface area contributed by atoms with Crippen LogP contribution in [0.5, 0.6) is 0 Å². The van der Waals surface area contributed by atoms with E-state index in [-0.39, 0.29) is 5.78 Å². The smallest absolute Gasteiger partial charge is 0.169 e. The lowest BCUT2D eigenvalue weighted by atomic mass is 9.83. The topological polar surface area (TPSA) is 65.8 Å². The molecule has 82 valence electrons. The number of rotatable bonds is 3. The molecule has 0 aliphatic heterocycles. The van der Waals surface area contributed by atoms with Gasteiger partial charge in [0.25, 0.3) is 0 Å². The summed E-state index contributed by atoms with van der Waals surface area (Å²) < 4.78 is 0. The molecule has 4 nitrogen and oxygen atoms in total. The molecule has 1 atom stereocenters. The van der Waals surface area contributed by atoms with Gasteiger partial charge in [-0.05, 0) is 23.9 Å². The van der Waals surface area contributed by atoms with Crippen molar-refractivity contribution >= 4 is 5.78 Å². The summed E-state index contributed by atoms with van der Waals surface area (Å²) in [6.07, 6.45) is 1.37. The van der Waals surface area contributed by atoms with E-state index in [1.54, 1.807) is 0 Å². The Kier molecular flexibility index (Phi) is 2.67. The van der Waals surface area contributed by atoms with Crippen LogP contribution in [-0.4, -0.2) is 12.3 Å². The molecule has 0 radical (unpaired) electrons. The Labute approximate surface area is 93.9 Å². The Hall–Kier alpha value is -1.80. The van der Waals surface area contributed by atoms with Crippen molar-refractivity contribution in [1.29, 1.82) is 0 Å². The lowest BCUT2D eigenvalue weighted by Gasteiger charge is -2.20. The minimum absolute atomic E-state index is 0.177. The largest absolute Gasteiger partial charge is 0.294 e. The molecule has 0 N–H and O–H groups in total. The number of ketones is 1. The van der Waals surface area contributed by atoms with Crippen molar-refractivity contribution in [3.63, 3.8) is 0 Å². The molecule has 0 spiro atoms. The van der Waals surface area contributed by atoms with Gasteiger partial charge in [0.2, 0.25) is 0 Å². The van der Waals surface area contributed by atoms with Gasteiger partial charge in [-0.2, -0.15) is 0 Å². The van der Waals surface area contributed by atoms with Crippen molar-refractivity contribution < 1.29 is 4.79 Å². The standard InChI is InChI=1S/C12H13N3O/c1-12(6-7-14-15-13)8-9-4-2-3-5-10(9)11(12)16/h2-5H,6-8H2,1H3. The van der Waals surface area contributed by atoms with Crippen molar-refractivity contribution in [3.8, 4) is 0 Å². The summed E-state index contributed by atoms with van der Waals surface area (Å²) in [4.78, 5) is 14.9. The number of carbonyl (C=O) groups excluding carboxylic acids is 1. The van der Waals surface area contributed by atoms with Crippen LogP contribution >= 0.6 is 0 Å². The number of Topliss-reactive ketones (excluding diaryl/α,β-unsaturated/α-hetero) is 1. The van der Waals surface area contributed by atoms with Gasteiger partial charge in [-0.3, -0.25) is 4.79 Å². The summed E-state index contributed by atoms with van der Waals surface area (Å²) in [5, 5.41) is 3.51. The van der Waals surface area contributed by atoms with E-state index in [9.17, 15) is 4.79 Å². The Balaban J connectivity index is 2.22. The lowest BCUT2D eigenvalue weighted by Crippen LogP contribution is -2.24. The van der Waals surface area contributed by atoms with E-state index in [4.69, 9.17) is 5.53 Å². The van der Waals surface area contributed by atoms with Gasteiger partial charge in [-0.15, -0.1) is 0 Å². The van der Waals surface area contributed by atoms with Crippen LogP contribution in [-0.2, 0) is 6.42 Å². The number of nitrogens with zero attached hydrogens (tertiary/aromatic N) is 3. The van der Waals surface area contributed by atoms with Crippen LogP contribution in [0.2, 0.25) is 0 Å². The molecule has 1 aliphatic rings. The van der Waals surface area contributed by atoms with Gasteiger partial charge < -0.3 is 0 Å². The molecule has 0 heterocycles. The first-order valence-corrected chi connectivity index (χ1v) is 5.31. The van der Waals surface area contributed by atoms with E-state index in [1.807, 2.05) is 31.2 Å². The fourth-order valence-electron chi connectivity index (χ4n) is 2.27. The van der Waals surface area contributed by atoms with Gasteiger partial charge in [-0.1, -0.05) is 36.3 Å². The number of azide groups is 1.